The average molecular weight is 291 g/mol. The number of aromatic nitrogens is 4. The number of hydrogen-bond acceptors (Lipinski definition) is 7. The lowest BCUT2D eigenvalue weighted by atomic mass is 10.1. The van der Waals surface area contributed by atoms with Gasteiger partial charge in [-0.2, -0.15) is 0 Å². The first kappa shape index (κ1) is 13.6. The summed E-state index contributed by atoms with van der Waals surface area (Å²) in [5.74, 6) is 0.509. The summed E-state index contributed by atoms with van der Waals surface area (Å²) in [5, 5.41) is 18.9. The van der Waals surface area contributed by atoms with Gasteiger partial charge in [0, 0.05) is 11.1 Å². The average Bonchev–Trinajstić information content (AvgIpc) is 2.62. The number of aldehydes is 1. The minimum atomic E-state index is 0.213. The smallest absolute Gasteiger partial charge is 0.205 e. The monoisotopic (exact) mass is 291 g/mol. The van der Waals surface area contributed by atoms with Gasteiger partial charge in [-0.3, -0.25) is 4.79 Å². The van der Waals surface area contributed by atoms with E-state index in [1.165, 1.54) is 0 Å². The fourth-order valence-electron chi connectivity index (χ4n) is 1.95. The van der Waals surface area contributed by atoms with Crippen LogP contribution in [0, 0.1) is 4.91 Å². The molecule has 0 fully saturated rings. The molecule has 1 aromatic heterocycles. The normalized spacial score (nSPS) is 10.2. The van der Waals surface area contributed by atoms with Crippen LogP contribution in [0.25, 0.3) is 22.8 Å². The standard InChI is InChI=1S/C15H9N5O2/c21-9-10-4-3-5-11(8-10)14-16-18-15(19-17-14)12-6-1-2-7-13(12)20-22/h1-9H. The van der Waals surface area contributed by atoms with Gasteiger partial charge in [0.25, 0.3) is 0 Å². The maximum atomic E-state index is 10.8. The lowest BCUT2D eigenvalue weighted by Gasteiger charge is -2.02. The first-order chi connectivity index (χ1) is 10.8. The van der Waals surface area contributed by atoms with Crippen molar-refractivity contribution >= 4 is 12.0 Å². The molecule has 0 bridgehead atoms. The molecule has 0 spiro atoms. The zero-order chi connectivity index (χ0) is 15.4. The first-order valence-electron chi connectivity index (χ1n) is 6.37. The van der Waals surface area contributed by atoms with Crippen molar-refractivity contribution in [3.05, 3.63) is 59.0 Å². The highest BCUT2D eigenvalue weighted by Gasteiger charge is 2.10. The van der Waals surface area contributed by atoms with Crippen LogP contribution in [0.1, 0.15) is 10.4 Å². The molecule has 3 aromatic rings. The zero-order valence-electron chi connectivity index (χ0n) is 11.2. The van der Waals surface area contributed by atoms with Crippen LogP contribution in [-0.4, -0.2) is 26.7 Å². The van der Waals surface area contributed by atoms with Crippen molar-refractivity contribution in [1.82, 2.24) is 20.4 Å². The first-order valence-corrected chi connectivity index (χ1v) is 6.37. The number of nitrogens with zero attached hydrogens (tertiary/aromatic N) is 5. The molecule has 0 unspecified atom stereocenters. The maximum Gasteiger partial charge on any atom is 0.205 e. The Labute approximate surface area is 125 Å². The molecule has 0 aliphatic carbocycles. The van der Waals surface area contributed by atoms with Gasteiger partial charge in [0.1, 0.15) is 12.0 Å². The van der Waals surface area contributed by atoms with Gasteiger partial charge >= 0.3 is 0 Å². The van der Waals surface area contributed by atoms with Crippen molar-refractivity contribution in [1.29, 1.82) is 0 Å². The van der Waals surface area contributed by atoms with Gasteiger partial charge in [0.05, 0.1) is 5.56 Å². The molecule has 0 atom stereocenters. The minimum absolute atomic E-state index is 0.213. The van der Waals surface area contributed by atoms with Crippen molar-refractivity contribution in [3.8, 4) is 22.8 Å². The molecule has 2 aromatic carbocycles. The maximum absolute atomic E-state index is 10.8. The Morgan fingerprint density at radius 3 is 2.32 bits per heavy atom. The second-order valence-corrected chi connectivity index (χ2v) is 4.40. The molecule has 1 heterocycles. The van der Waals surface area contributed by atoms with Crippen LogP contribution in [-0.2, 0) is 0 Å². The van der Waals surface area contributed by atoms with E-state index in [1.54, 1.807) is 48.5 Å². The summed E-state index contributed by atoms with van der Waals surface area (Å²) < 4.78 is 0. The molecule has 22 heavy (non-hydrogen) atoms. The summed E-state index contributed by atoms with van der Waals surface area (Å²) in [4.78, 5) is 21.6. The summed E-state index contributed by atoms with van der Waals surface area (Å²) in [6, 6.07) is 13.5. The predicted molar refractivity (Wildman–Crippen MR) is 79.3 cm³/mol. The third kappa shape index (κ3) is 2.59. The van der Waals surface area contributed by atoms with E-state index in [0.29, 0.717) is 22.5 Å². The van der Waals surface area contributed by atoms with Crippen molar-refractivity contribution in [2.24, 2.45) is 5.18 Å². The van der Waals surface area contributed by atoms with E-state index < -0.39 is 0 Å². The number of benzene rings is 2. The summed E-state index contributed by atoms with van der Waals surface area (Å²) >= 11 is 0. The number of hydrogen-bond donors (Lipinski definition) is 0. The predicted octanol–water partition coefficient (Wildman–Crippen LogP) is 2.81. The highest BCUT2D eigenvalue weighted by molar-refractivity contribution is 5.77. The van der Waals surface area contributed by atoms with Crippen molar-refractivity contribution in [2.45, 2.75) is 0 Å². The summed E-state index contributed by atoms with van der Waals surface area (Å²) in [6.07, 6.45) is 0.741. The van der Waals surface area contributed by atoms with E-state index in [-0.39, 0.29) is 11.5 Å². The summed E-state index contributed by atoms with van der Waals surface area (Å²) in [6.45, 7) is 0. The fraction of sp³-hybridized carbons (Fsp3) is 0. The number of carbonyl (C=O) groups is 1. The van der Waals surface area contributed by atoms with Crippen LogP contribution in [0.3, 0.4) is 0 Å². The molecule has 0 aliphatic heterocycles. The van der Waals surface area contributed by atoms with Crippen LogP contribution in [0.5, 0.6) is 0 Å². The molecule has 0 N–H and O–H groups in total. The SMILES string of the molecule is O=Cc1cccc(-c2nnc(-c3ccccc3N=O)nn2)c1. The van der Waals surface area contributed by atoms with Crippen molar-refractivity contribution < 1.29 is 4.79 Å². The van der Waals surface area contributed by atoms with E-state index in [2.05, 4.69) is 25.6 Å². The van der Waals surface area contributed by atoms with E-state index in [0.717, 1.165) is 6.29 Å². The Morgan fingerprint density at radius 2 is 1.59 bits per heavy atom. The third-order valence-electron chi connectivity index (χ3n) is 3.00. The van der Waals surface area contributed by atoms with Gasteiger partial charge < -0.3 is 0 Å². The highest BCUT2D eigenvalue weighted by Crippen LogP contribution is 2.26. The highest BCUT2D eigenvalue weighted by atomic mass is 16.3. The van der Waals surface area contributed by atoms with E-state index in [9.17, 15) is 9.70 Å². The summed E-state index contributed by atoms with van der Waals surface area (Å²) in [7, 11) is 0. The number of rotatable bonds is 4. The molecule has 7 heteroatoms. The molecule has 0 saturated carbocycles. The number of nitroso groups, excluding NO2 is 1. The molecule has 106 valence electrons. The topological polar surface area (TPSA) is 98.1 Å². The zero-order valence-corrected chi connectivity index (χ0v) is 11.2. The van der Waals surface area contributed by atoms with Crippen LogP contribution < -0.4 is 0 Å². The van der Waals surface area contributed by atoms with E-state index in [4.69, 9.17) is 0 Å². The van der Waals surface area contributed by atoms with Gasteiger partial charge in [-0.05, 0) is 23.4 Å². The van der Waals surface area contributed by atoms with Crippen LogP contribution in [0.2, 0.25) is 0 Å². The molecule has 3 rings (SSSR count). The number of carbonyl (C=O) groups excluding carboxylic acids is 1. The van der Waals surface area contributed by atoms with Crippen molar-refractivity contribution in [2.75, 3.05) is 0 Å². The second-order valence-electron chi connectivity index (χ2n) is 4.40. The van der Waals surface area contributed by atoms with Crippen LogP contribution in [0.15, 0.2) is 53.7 Å². The second kappa shape index (κ2) is 5.96. The Kier molecular flexibility index (Phi) is 3.69. The lowest BCUT2D eigenvalue weighted by Crippen LogP contribution is -1.99. The Morgan fingerprint density at radius 1 is 0.864 bits per heavy atom. The van der Waals surface area contributed by atoms with E-state index >= 15 is 0 Å². The van der Waals surface area contributed by atoms with Gasteiger partial charge in [-0.15, -0.1) is 25.3 Å². The molecule has 0 aliphatic rings. The van der Waals surface area contributed by atoms with Gasteiger partial charge in [0.15, 0.2) is 0 Å². The fourth-order valence-corrected chi connectivity index (χ4v) is 1.95. The molecular formula is C15H9N5O2. The van der Waals surface area contributed by atoms with Gasteiger partial charge in [-0.25, -0.2) is 0 Å². The Bertz CT molecular complexity index is 833. The molecule has 0 saturated heterocycles. The van der Waals surface area contributed by atoms with Crippen LogP contribution in [0.4, 0.5) is 5.69 Å². The third-order valence-corrected chi connectivity index (χ3v) is 3.00. The molecule has 0 radical (unpaired) electrons. The lowest BCUT2D eigenvalue weighted by molar-refractivity contribution is 0.112. The van der Waals surface area contributed by atoms with Gasteiger partial charge in [-0.1, -0.05) is 30.3 Å². The largest absolute Gasteiger partial charge is 0.298 e. The van der Waals surface area contributed by atoms with Crippen LogP contribution >= 0.6 is 0 Å². The van der Waals surface area contributed by atoms with Gasteiger partial charge in [0.2, 0.25) is 11.6 Å². The Balaban J connectivity index is 1.99. The van der Waals surface area contributed by atoms with E-state index in [1.807, 2.05) is 0 Å². The molecule has 7 nitrogen and oxygen atoms in total. The van der Waals surface area contributed by atoms with Crippen molar-refractivity contribution in [3.63, 3.8) is 0 Å². The molecular weight excluding hydrogens is 282 g/mol. The molecule has 0 amide bonds. The Hall–Kier alpha value is -3.35. The minimum Gasteiger partial charge on any atom is -0.298 e. The summed E-state index contributed by atoms with van der Waals surface area (Å²) in [5.41, 5.74) is 1.84. The quantitative estimate of drug-likeness (QED) is 0.541.